The Morgan fingerprint density at radius 2 is 1.92 bits per heavy atom. The number of anilines is 1. The summed E-state index contributed by atoms with van der Waals surface area (Å²) in [5.41, 5.74) is 2.62. The molecule has 1 amide bonds. The molecular weight excluding hydrogens is 302 g/mol. The average Bonchev–Trinajstić information content (AvgIpc) is 2.68. The number of pyridine rings is 1. The highest BCUT2D eigenvalue weighted by Crippen LogP contribution is 2.30. The second-order valence-corrected chi connectivity index (χ2v) is 6.98. The molecular formula is C18H29N5O. The monoisotopic (exact) mass is 331 g/mol. The number of nitrogen functional groups attached to an aromatic ring is 1. The minimum Gasteiger partial charge on any atom is -0.354 e. The first kappa shape index (κ1) is 17.2. The van der Waals surface area contributed by atoms with Gasteiger partial charge in [0.05, 0.1) is 5.56 Å². The first-order valence-electron chi connectivity index (χ1n) is 9.17. The molecule has 6 heteroatoms. The normalized spacial score (nSPS) is 25.5. The van der Waals surface area contributed by atoms with E-state index < -0.39 is 0 Å². The van der Waals surface area contributed by atoms with E-state index in [1.54, 1.807) is 12.3 Å². The van der Waals surface area contributed by atoms with Gasteiger partial charge in [0, 0.05) is 38.4 Å². The van der Waals surface area contributed by atoms with E-state index in [-0.39, 0.29) is 5.91 Å². The van der Waals surface area contributed by atoms with Gasteiger partial charge in [0.1, 0.15) is 5.82 Å². The van der Waals surface area contributed by atoms with E-state index in [1.165, 1.54) is 32.1 Å². The topological polar surface area (TPSA) is 74.5 Å². The van der Waals surface area contributed by atoms with Crippen LogP contribution < -0.4 is 16.2 Å². The van der Waals surface area contributed by atoms with E-state index >= 15 is 0 Å². The third-order valence-electron chi connectivity index (χ3n) is 5.69. The van der Waals surface area contributed by atoms with Crippen LogP contribution in [-0.4, -0.2) is 48.0 Å². The molecule has 1 saturated carbocycles. The summed E-state index contributed by atoms with van der Waals surface area (Å²) in [4.78, 5) is 20.9. The molecule has 1 aromatic heterocycles. The Morgan fingerprint density at radius 3 is 2.46 bits per heavy atom. The van der Waals surface area contributed by atoms with Crippen molar-refractivity contribution in [3.63, 3.8) is 0 Å². The number of carbonyl (C=O) groups excluding carboxylic acids is 1. The van der Waals surface area contributed by atoms with Gasteiger partial charge in [0.25, 0.3) is 5.91 Å². The van der Waals surface area contributed by atoms with E-state index in [0.717, 1.165) is 44.0 Å². The molecule has 132 valence electrons. The van der Waals surface area contributed by atoms with E-state index in [0.29, 0.717) is 5.56 Å². The third kappa shape index (κ3) is 3.87. The fraction of sp³-hybridized carbons (Fsp3) is 0.667. The van der Waals surface area contributed by atoms with Crippen molar-refractivity contribution in [3.8, 4) is 0 Å². The number of rotatable bonds is 4. The quantitative estimate of drug-likeness (QED) is 0.500. The number of hydrogen-bond acceptors (Lipinski definition) is 5. The Bertz CT molecular complexity index is 531. The molecule has 1 saturated heterocycles. The van der Waals surface area contributed by atoms with E-state index in [2.05, 4.69) is 27.1 Å². The molecule has 2 aliphatic rings. The molecule has 1 aliphatic heterocycles. The van der Waals surface area contributed by atoms with Crippen molar-refractivity contribution in [3.05, 3.63) is 23.9 Å². The summed E-state index contributed by atoms with van der Waals surface area (Å²) in [6, 6.07) is 4.47. The predicted molar refractivity (Wildman–Crippen MR) is 95.7 cm³/mol. The molecule has 2 fully saturated rings. The molecule has 0 bridgehead atoms. The van der Waals surface area contributed by atoms with Crippen molar-refractivity contribution in [2.45, 2.75) is 45.1 Å². The largest absolute Gasteiger partial charge is 0.354 e. The van der Waals surface area contributed by atoms with E-state index in [1.807, 2.05) is 6.07 Å². The summed E-state index contributed by atoms with van der Waals surface area (Å²) < 4.78 is 0. The number of nitrogens with one attached hydrogen (secondary N) is 1. The van der Waals surface area contributed by atoms with Crippen molar-refractivity contribution in [1.82, 2.24) is 15.3 Å². The highest BCUT2D eigenvalue weighted by atomic mass is 16.2. The fourth-order valence-corrected chi connectivity index (χ4v) is 4.03. The maximum absolute atomic E-state index is 11.5. The molecule has 1 aromatic rings. The maximum atomic E-state index is 11.5. The zero-order chi connectivity index (χ0) is 16.9. The molecule has 2 heterocycles. The first-order chi connectivity index (χ1) is 11.7. The molecule has 6 nitrogen and oxygen atoms in total. The van der Waals surface area contributed by atoms with Crippen molar-refractivity contribution in [2.75, 3.05) is 31.1 Å². The maximum Gasteiger partial charge on any atom is 0.266 e. The molecule has 3 rings (SSSR count). The van der Waals surface area contributed by atoms with Crippen molar-refractivity contribution in [1.29, 1.82) is 0 Å². The van der Waals surface area contributed by atoms with Crippen molar-refractivity contribution >= 4 is 11.7 Å². The molecule has 0 spiro atoms. The minimum atomic E-state index is -0.304. The number of hydrazine groups is 1. The van der Waals surface area contributed by atoms with Crippen LogP contribution in [0.1, 0.15) is 49.4 Å². The lowest BCUT2D eigenvalue weighted by Crippen LogP contribution is -2.51. The summed E-state index contributed by atoms with van der Waals surface area (Å²) in [5, 5.41) is 0. The molecule has 3 N–H and O–H groups in total. The van der Waals surface area contributed by atoms with Gasteiger partial charge in [-0.25, -0.2) is 10.8 Å². The van der Waals surface area contributed by atoms with Gasteiger partial charge in [-0.05, 0) is 43.7 Å². The second-order valence-electron chi connectivity index (χ2n) is 6.98. The highest BCUT2D eigenvalue weighted by molar-refractivity contribution is 5.93. The van der Waals surface area contributed by atoms with Gasteiger partial charge in [0.2, 0.25) is 0 Å². The van der Waals surface area contributed by atoms with Crippen LogP contribution in [-0.2, 0) is 0 Å². The molecule has 0 atom stereocenters. The Morgan fingerprint density at radius 1 is 1.21 bits per heavy atom. The minimum absolute atomic E-state index is 0.304. The summed E-state index contributed by atoms with van der Waals surface area (Å²) in [6.45, 7) is 6.54. The molecule has 1 aliphatic carbocycles. The van der Waals surface area contributed by atoms with Crippen LogP contribution >= 0.6 is 0 Å². The summed E-state index contributed by atoms with van der Waals surface area (Å²) >= 11 is 0. The molecule has 0 aromatic carbocycles. The number of hydrogen-bond donors (Lipinski definition) is 2. The average molecular weight is 331 g/mol. The van der Waals surface area contributed by atoms with E-state index in [4.69, 9.17) is 5.84 Å². The van der Waals surface area contributed by atoms with Crippen LogP contribution in [0.15, 0.2) is 18.3 Å². The van der Waals surface area contributed by atoms with Crippen molar-refractivity contribution in [2.24, 2.45) is 11.8 Å². The lowest BCUT2D eigenvalue weighted by Gasteiger charge is -2.42. The van der Waals surface area contributed by atoms with Gasteiger partial charge in [-0.1, -0.05) is 13.3 Å². The Hall–Kier alpha value is -1.66. The lowest BCUT2D eigenvalue weighted by atomic mass is 9.84. The summed E-state index contributed by atoms with van der Waals surface area (Å²) in [5.74, 6) is 6.74. The van der Waals surface area contributed by atoms with Gasteiger partial charge in [-0.15, -0.1) is 0 Å². The molecule has 0 radical (unpaired) electrons. The number of nitrogens with two attached hydrogens (primary N) is 1. The summed E-state index contributed by atoms with van der Waals surface area (Å²) in [6.07, 6.45) is 8.45. The zero-order valence-electron chi connectivity index (χ0n) is 14.6. The van der Waals surface area contributed by atoms with Gasteiger partial charge in [-0.2, -0.15) is 0 Å². The summed E-state index contributed by atoms with van der Waals surface area (Å²) in [7, 11) is 0. The first-order valence-corrected chi connectivity index (χ1v) is 9.17. The van der Waals surface area contributed by atoms with Crippen LogP contribution in [0.25, 0.3) is 0 Å². The Balaban J connectivity index is 1.51. The zero-order valence-corrected chi connectivity index (χ0v) is 14.6. The number of nitrogens with zero attached hydrogens (tertiary/aromatic N) is 3. The van der Waals surface area contributed by atoms with Gasteiger partial charge < -0.3 is 4.90 Å². The molecule has 24 heavy (non-hydrogen) atoms. The van der Waals surface area contributed by atoms with Crippen LogP contribution in [0.3, 0.4) is 0 Å². The predicted octanol–water partition coefficient (Wildman–Crippen LogP) is 1.78. The van der Waals surface area contributed by atoms with Gasteiger partial charge in [-0.3, -0.25) is 15.1 Å². The number of piperazine rings is 1. The number of carbonyl (C=O) groups is 1. The highest BCUT2D eigenvalue weighted by Gasteiger charge is 2.28. The number of aromatic nitrogens is 1. The number of amides is 1. The van der Waals surface area contributed by atoms with Gasteiger partial charge >= 0.3 is 0 Å². The molecule has 0 unspecified atom stereocenters. The van der Waals surface area contributed by atoms with Crippen LogP contribution in [0, 0.1) is 5.92 Å². The van der Waals surface area contributed by atoms with Gasteiger partial charge in [0.15, 0.2) is 0 Å². The smallest absolute Gasteiger partial charge is 0.266 e. The SMILES string of the molecule is CCC1CCC(N2CCN(c3ccc(C(=O)NN)cn3)CC2)CC1. The van der Waals surface area contributed by atoms with E-state index in [9.17, 15) is 4.79 Å². The van der Waals surface area contributed by atoms with Crippen LogP contribution in [0.4, 0.5) is 5.82 Å². The fourth-order valence-electron chi connectivity index (χ4n) is 4.03. The third-order valence-corrected chi connectivity index (χ3v) is 5.69. The lowest BCUT2D eigenvalue weighted by molar-refractivity contribution is 0.0953. The van der Waals surface area contributed by atoms with Crippen LogP contribution in [0.5, 0.6) is 0 Å². The van der Waals surface area contributed by atoms with Crippen LogP contribution in [0.2, 0.25) is 0 Å². The van der Waals surface area contributed by atoms with Crippen molar-refractivity contribution < 1.29 is 4.79 Å². The standard InChI is InChI=1S/C18H29N5O/c1-2-14-3-6-16(7-4-14)22-9-11-23(12-10-22)17-8-5-15(13-20-17)18(24)21-19/h5,8,13-14,16H,2-4,6-7,9-12,19H2,1H3,(H,21,24). The Kier molecular flexibility index (Phi) is 5.68. The Labute approximate surface area is 144 Å². The second kappa shape index (κ2) is 7.94.